The maximum absolute atomic E-state index is 11.9. The summed E-state index contributed by atoms with van der Waals surface area (Å²) in [5, 5.41) is 11.7. The molecule has 1 aromatic rings. The monoisotopic (exact) mass is 308 g/mol. The highest BCUT2D eigenvalue weighted by Gasteiger charge is 2.07. The number of carbonyl (C=O) groups is 2. The Kier molecular flexibility index (Phi) is 7.30. The van der Waals surface area contributed by atoms with E-state index in [2.05, 4.69) is 17.2 Å². The molecule has 1 rings (SSSR count). The van der Waals surface area contributed by atoms with E-state index >= 15 is 0 Å². The average molecular weight is 309 g/mol. The maximum atomic E-state index is 11.9. The van der Waals surface area contributed by atoms with Crippen molar-refractivity contribution < 1.29 is 14.7 Å². The Morgan fingerprint density at radius 3 is 2.71 bits per heavy atom. The number of aliphatic hydroxyl groups is 1. The highest BCUT2D eigenvalue weighted by molar-refractivity contribution is 6.32. The SMILES string of the molecule is NC(=O)CCCCNC(=O)c1ccc(C#CCO)c(Cl)c1. The van der Waals surface area contributed by atoms with Gasteiger partial charge in [-0.05, 0) is 31.0 Å². The number of hydrogen-bond donors (Lipinski definition) is 3. The smallest absolute Gasteiger partial charge is 0.251 e. The lowest BCUT2D eigenvalue weighted by molar-refractivity contribution is -0.118. The summed E-state index contributed by atoms with van der Waals surface area (Å²) in [5.74, 6) is 4.61. The van der Waals surface area contributed by atoms with Crippen LogP contribution >= 0.6 is 11.6 Å². The van der Waals surface area contributed by atoms with Gasteiger partial charge in [-0.3, -0.25) is 9.59 Å². The predicted molar refractivity (Wildman–Crippen MR) is 80.8 cm³/mol. The second-order valence-corrected chi connectivity index (χ2v) is 4.74. The first kappa shape index (κ1) is 17.0. The molecule has 2 amide bonds. The molecule has 0 saturated heterocycles. The molecule has 5 nitrogen and oxygen atoms in total. The molecule has 0 radical (unpaired) electrons. The summed E-state index contributed by atoms with van der Waals surface area (Å²) in [6.07, 6.45) is 1.65. The Labute approximate surface area is 128 Å². The van der Waals surface area contributed by atoms with Gasteiger partial charge < -0.3 is 16.2 Å². The molecule has 0 atom stereocenters. The standard InChI is InChI=1S/C15H17ClN2O3/c16-13-10-12(7-6-11(13)4-3-9-19)15(21)18-8-2-1-5-14(17)20/h6-7,10,19H,1-2,5,8-9H2,(H2,17,20)(H,18,21). The van der Waals surface area contributed by atoms with Gasteiger partial charge in [0.15, 0.2) is 0 Å². The number of nitrogens with two attached hydrogens (primary N) is 1. The zero-order valence-electron chi connectivity index (χ0n) is 11.5. The van der Waals surface area contributed by atoms with Gasteiger partial charge in [0.05, 0.1) is 5.02 Å². The van der Waals surface area contributed by atoms with Gasteiger partial charge in [-0.1, -0.05) is 23.4 Å². The molecule has 0 bridgehead atoms. The van der Waals surface area contributed by atoms with E-state index < -0.39 is 0 Å². The van der Waals surface area contributed by atoms with Crippen molar-refractivity contribution in [3.63, 3.8) is 0 Å². The van der Waals surface area contributed by atoms with E-state index in [9.17, 15) is 9.59 Å². The highest BCUT2D eigenvalue weighted by atomic mass is 35.5. The van der Waals surface area contributed by atoms with Crippen LogP contribution in [0.3, 0.4) is 0 Å². The van der Waals surface area contributed by atoms with E-state index in [4.69, 9.17) is 22.4 Å². The molecule has 112 valence electrons. The molecular weight excluding hydrogens is 292 g/mol. The third kappa shape index (κ3) is 6.30. The molecule has 0 aromatic heterocycles. The molecule has 4 N–H and O–H groups in total. The van der Waals surface area contributed by atoms with E-state index in [0.717, 1.165) is 0 Å². The molecule has 0 aliphatic carbocycles. The molecule has 0 spiro atoms. The Balaban J connectivity index is 2.51. The minimum absolute atomic E-state index is 0.238. The van der Waals surface area contributed by atoms with Gasteiger partial charge in [0.1, 0.15) is 6.61 Å². The average Bonchev–Trinajstić information content (AvgIpc) is 2.45. The molecule has 0 aliphatic rings. The summed E-state index contributed by atoms with van der Waals surface area (Å²) < 4.78 is 0. The van der Waals surface area contributed by atoms with Gasteiger partial charge in [-0.25, -0.2) is 0 Å². The van der Waals surface area contributed by atoms with Gasteiger partial charge in [0.2, 0.25) is 5.91 Å². The number of halogens is 1. The third-order valence-electron chi connectivity index (χ3n) is 2.67. The summed E-state index contributed by atoms with van der Waals surface area (Å²) in [6, 6.07) is 4.78. The molecule has 1 aromatic carbocycles. The lowest BCUT2D eigenvalue weighted by Gasteiger charge is -2.06. The number of amides is 2. The normalized spacial score (nSPS) is 9.62. The first-order valence-corrected chi connectivity index (χ1v) is 6.88. The van der Waals surface area contributed by atoms with E-state index in [1.165, 1.54) is 6.07 Å². The highest BCUT2D eigenvalue weighted by Crippen LogP contribution is 2.17. The van der Waals surface area contributed by atoms with Crippen LogP contribution < -0.4 is 11.1 Å². The Bertz CT molecular complexity index is 576. The summed E-state index contributed by atoms with van der Waals surface area (Å²) in [4.78, 5) is 22.4. The molecule has 0 fully saturated rings. The molecule has 0 heterocycles. The lowest BCUT2D eigenvalue weighted by atomic mass is 10.1. The Hall–Kier alpha value is -2.03. The van der Waals surface area contributed by atoms with Crippen molar-refractivity contribution in [3.8, 4) is 11.8 Å². The van der Waals surface area contributed by atoms with Crippen molar-refractivity contribution in [2.24, 2.45) is 5.73 Å². The fourth-order valence-electron chi connectivity index (χ4n) is 1.62. The van der Waals surface area contributed by atoms with Crippen molar-refractivity contribution in [3.05, 3.63) is 34.3 Å². The van der Waals surface area contributed by atoms with Crippen LogP contribution in [0.5, 0.6) is 0 Å². The van der Waals surface area contributed by atoms with Gasteiger partial charge in [0.25, 0.3) is 5.91 Å². The van der Waals surface area contributed by atoms with E-state index in [1.807, 2.05) is 0 Å². The molecule has 0 unspecified atom stereocenters. The van der Waals surface area contributed by atoms with E-state index in [1.54, 1.807) is 12.1 Å². The van der Waals surface area contributed by atoms with E-state index in [0.29, 0.717) is 42.0 Å². The Morgan fingerprint density at radius 2 is 2.10 bits per heavy atom. The molecule has 21 heavy (non-hydrogen) atoms. The van der Waals surface area contributed by atoms with Crippen LogP contribution in [0.25, 0.3) is 0 Å². The van der Waals surface area contributed by atoms with E-state index in [-0.39, 0.29) is 18.4 Å². The van der Waals surface area contributed by atoms with Crippen molar-refractivity contribution in [1.82, 2.24) is 5.32 Å². The molecule has 0 aliphatic heterocycles. The fraction of sp³-hybridized carbons (Fsp3) is 0.333. The second kappa shape index (κ2) is 9.01. The molecule has 6 heteroatoms. The number of aliphatic hydroxyl groups excluding tert-OH is 1. The number of unbranched alkanes of at least 4 members (excludes halogenated alkanes) is 1. The largest absolute Gasteiger partial charge is 0.384 e. The number of primary amides is 1. The first-order chi connectivity index (χ1) is 10.0. The van der Waals surface area contributed by atoms with Gasteiger partial charge in [-0.2, -0.15) is 0 Å². The number of hydrogen-bond acceptors (Lipinski definition) is 3. The molecule has 0 saturated carbocycles. The maximum Gasteiger partial charge on any atom is 0.251 e. The van der Waals surface area contributed by atoms with Crippen LogP contribution in [0.15, 0.2) is 18.2 Å². The Morgan fingerprint density at radius 1 is 1.33 bits per heavy atom. The van der Waals surface area contributed by atoms with Gasteiger partial charge in [-0.15, -0.1) is 0 Å². The van der Waals surface area contributed by atoms with Crippen LogP contribution in [-0.4, -0.2) is 30.1 Å². The third-order valence-corrected chi connectivity index (χ3v) is 2.98. The summed E-state index contributed by atoms with van der Waals surface area (Å²) >= 11 is 6.01. The predicted octanol–water partition coefficient (Wildman–Crippen LogP) is 1.07. The lowest BCUT2D eigenvalue weighted by Crippen LogP contribution is -2.24. The first-order valence-electron chi connectivity index (χ1n) is 6.50. The topological polar surface area (TPSA) is 92.4 Å². The summed E-state index contributed by atoms with van der Waals surface area (Å²) in [7, 11) is 0. The van der Waals surface area contributed by atoms with Gasteiger partial charge >= 0.3 is 0 Å². The number of nitrogens with one attached hydrogen (secondary N) is 1. The van der Waals surface area contributed by atoms with Crippen molar-refractivity contribution in [2.45, 2.75) is 19.3 Å². The number of carbonyl (C=O) groups excluding carboxylic acids is 2. The second-order valence-electron chi connectivity index (χ2n) is 4.33. The van der Waals surface area contributed by atoms with Crippen LogP contribution in [0.4, 0.5) is 0 Å². The summed E-state index contributed by atoms with van der Waals surface area (Å²) in [5.41, 5.74) is 6.02. The van der Waals surface area contributed by atoms with Crippen LogP contribution in [0.2, 0.25) is 5.02 Å². The van der Waals surface area contributed by atoms with Crippen LogP contribution in [0.1, 0.15) is 35.2 Å². The quantitative estimate of drug-likeness (QED) is 0.542. The van der Waals surface area contributed by atoms with Crippen LogP contribution in [-0.2, 0) is 4.79 Å². The minimum Gasteiger partial charge on any atom is -0.384 e. The number of benzene rings is 1. The van der Waals surface area contributed by atoms with Gasteiger partial charge in [0, 0.05) is 24.1 Å². The van der Waals surface area contributed by atoms with Crippen molar-refractivity contribution >= 4 is 23.4 Å². The zero-order valence-corrected chi connectivity index (χ0v) is 12.2. The zero-order chi connectivity index (χ0) is 15.7. The summed E-state index contributed by atoms with van der Waals surface area (Å²) in [6.45, 7) is 0.222. The van der Waals surface area contributed by atoms with Crippen molar-refractivity contribution in [1.29, 1.82) is 0 Å². The molecular formula is C15H17ClN2O3. The van der Waals surface area contributed by atoms with Crippen molar-refractivity contribution in [2.75, 3.05) is 13.2 Å². The van der Waals surface area contributed by atoms with Crippen LogP contribution in [0, 0.1) is 11.8 Å². The fourth-order valence-corrected chi connectivity index (χ4v) is 1.85. The minimum atomic E-state index is -0.340. The number of rotatable bonds is 6.